The van der Waals surface area contributed by atoms with Crippen LogP contribution in [0, 0.1) is 0 Å². The molecule has 0 unspecified atom stereocenters. The number of nitrogens with zero attached hydrogens (tertiary/aromatic N) is 3. The van der Waals surface area contributed by atoms with Crippen LogP contribution in [0.15, 0.2) is 40.5 Å². The highest BCUT2D eigenvalue weighted by Crippen LogP contribution is 2.39. The summed E-state index contributed by atoms with van der Waals surface area (Å²) in [6, 6.07) is 10.7. The van der Waals surface area contributed by atoms with E-state index in [0.29, 0.717) is 0 Å². The molecular formula is C19H21N3S3. The van der Waals surface area contributed by atoms with Crippen LogP contribution >= 0.6 is 34.9 Å². The van der Waals surface area contributed by atoms with Crippen LogP contribution in [0.1, 0.15) is 16.0 Å². The van der Waals surface area contributed by atoms with Crippen LogP contribution in [0.3, 0.4) is 0 Å². The third-order valence-electron chi connectivity index (χ3n) is 4.49. The van der Waals surface area contributed by atoms with Gasteiger partial charge in [-0.25, -0.2) is 9.97 Å². The smallest absolute Gasteiger partial charge is 0.189 e. The van der Waals surface area contributed by atoms with Gasteiger partial charge in [0.2, 0.25) is 0 Å². The molecule has 6 heteroatoms. The van der Waals surface area contributed by atoms with Gasteiger partial charge in [0, 0.05) is 29.1 Å². The molecule has 3 nitrogen and oxygen atoms in total. The van der Waals surface area contributed by atoms with Crippen molar-refractivity contribution in [3.63, 3.8) is 0 Å². The van der Waals surface area contributed by atoms with E-state index in [1.165, 1.54) is 31.2 Å². The van der Waals surface area contributed by atoms with Crippen molar-refractivity contribution >= 4 is 45.1 Å². The van der Waals surface area contributed by atoms with E-state index in [-0.39, 0.29) is 0 Å². The number of aromatic nitrogens is 2. The monoisotopic (exact) mass is 387 g/mol. The zero-order valence-corrected chi connectivity index (χ0v) is 16.9. The molecule has 0 saturated heterocycles. The lowest BCUT2D eigenvalue weighted by molar-refractivity contribution is 0.318. The molecule has 0 N–H and O–H groups in total. The maximum atomic E-state index is 4.86. The van der Waals surface area contributed by atoms with E-state index in [4.69, 9.17) is 9.97 Å². The van der Waals surface area contributed by atoms with Crippen LogP contribution in [0.5, 0.6) is 0 Å². The summed E-state index contributed by atoms with van der Waals surface area (Å²) in [7, 11) is 2.20. The molecule has 25 heavy (non-hydrogen) atoms. The number of fused-ring (bicyclic) bond motifs is 3. The van der Waals surface area contributed by atoms with E-state index < -0.39 is 0 Å². The Balaban J connectivity index is 1.64. The van der Waals surface area contributed by atoms with E-state index in [9.17, 15) is 0 Å². The Hall–Kier alpha value is -1.08. The molecule has 1 aliphatic rings. The molecule has 2 aromatic heterocycles. The molecule has 1 aliphatic heterocycles. The van der Waals surface area contributed by atoms with Gasteiger partial charge in [-0.2, -0.15) is 0 Å². The fourth-order valence-corrected chi connectivity index (χ4v) is 6.07. The summed E-state index contributed by atoms with van der Waals surface area (Å²) in [6.45, 7) is 2.16. The van der Waals surface area contributed by atoms with Gasteiger partial charge in [-0.1, -0.05) is 42.1 Å². The van der Waals surface area contributed by atoms with Crippen LogP contribution < -0.4 is 0 Å². The summed E-state index contributed by atoms with van der Waals surface area (Å²) in [4.78, 5) is 14.7. The van der Waals surface area contributed by atoms with Gasteiger partial charge in [0.05, 0.1) is 0 Å². The Morgan fingerprint density at radius 2 is 2.04 bits per heavy atom. The van der Waals surface area contributed by atoms with E-state index in [1.54, 1.807) is 11.8 Å². The second kappa shape index (κ2) is 7.66. The highest BCUT2D eigenvalue weighted by molar-refractivity contribution is 7.99. The van der Waals surface area contributed by atoms with Gasteiger partial charge in [-0.05, 0) is 37.3 Å². The number of thioether (sulfide) groups is 2. The van der Waals surface area contributed by atoms with Crippen LogP contribution in [-0.2, 0) is 19.4 Å². The minimum atomic E-state index is 0.890. The summed E-state index contributed by atoms with van der Waals surface area (Å²) in [5.74, 6) is 1.05. The van der Waals surface area contributed by atoms with Gasteiger partial charge in [0.25, 0.3) is 0 Å². The normalized spacial score (nSPS) is 14.8. The van der Waals surface area contributed by atoms with Crippen molar-refractivity contribution in [1.82, 2.24) is 14.9 Å². The fourth-order valence-electron chi connectivity index (χ4n) is 3.18. The third kappa shape index (κ3) is 3.72. The second-order valence-electron chi connectivity index (χ2n) is 6.27. The first-order valence-corrected chi connectivity index (χ1v) is 11.5. The molecule has 0 fully saturated rings. The number of rotatable bonds is 5. The van der Waals surface area contributed by atoms with E-state index >= 15 is 0 Å². The molecule has 0 radical (unpaired) electrons. The minimum Gasteiger partial charge on any atom is -0.301 e. The molecule has 3 aromatic rings. The first kappa shape index (κ1) is 17.3. The van der Waals surface area contributed by atoms with Crippen LogP contribution in [-0.4, -0.2) is 40.5 Å². The lowest BCUT2D eigenvalue weighted by atomic mass is 10.1. The first-order valence-electron chi connectivity index (χ1n) is 8.46. The quantitative estimate of drug-likeness (QED) is 0.358. The highest BCUT2D eigenvalue weighted by atomic mass is 32.2. The Labute approximate surface area is 161 Å². The number of aryl methyl sites for hydroxylation is 1. The molecule has 0 amide bonds. The van der Waals surface area contributed by atoms with Crippen molar-refractivity contribution < 1.29 is 0 Å². The molecule has 3 heterocycles. The van der Waals surface area contributed by atoms with Gasteiger partial charge in [-0.3, -0.25) is 0 Å². The molecule has 4 rings (SSSR count). The van der Waals surface area contributed by atoms with Gasteiger partial charge in [0.1, 0.15) is 9.86 Å². The van der Waals surface area contributed by atoms with Crippen molar-refractivity contribution in [2.24, 2.45) is 0 Å². The van der Waals surface area contributed by atoms with Crippen molar-refractivity contribution in [1.29, 1.82) is 0 Å². The summed E-state index contributed by atoms with van der Waals surface area (Å²) in [5, 5.41) is 3.39. The van der Waals surface area contributed by atoms with Crippen LogP contribution in [0.2, 0.25) is 0 Å². The zero-order chi connectivity index (χ0) is 17.2. The zero-order valence-electron chi connectivity index (χ0n) is 14.5. The van der Waals surface area contributed by atoms with E-state index in [0.717, 1.165) is 36.8 Å². The predicted molar refractivity (Wildman–Crippen MR) is 110 cm³/mol. The Morgan fingerprint density at radius 3 is 2.84 bits per heavy atom. The Morgan fingerprint density at radius 1 is 1.20 bits per heavy atom. The van der Waals surface area contributed by atoms with E-state index in [2.05, 4.69) is 48.5 Å². The lowest BCUT2D eigenvalue weighted by Crippen LogP contribution is -2.25. The third-order valence-corrected chi connectivity index (χ3v) is 7.13. The summed E-state index contributed by atoms with van der Waals surface area (Å²) in [6.07, 6.45) is 4.24. The first-order chi connectivity index (χ1) is 12.2. The van der Waals surface area contributed by atoms with Gasteiger partial charge in [-0.15, -0.1) is 23.1 Å². The number of benzene rings is 1. The standard InChI is InChI=1S/C19H21N3S3/c1-22-10-8-14-15(12-22)25-18-16(14)17(20-19(21-18)23-2)24-11-9-13-6-4-3-5-7-13/h3-7H,8-12H2,1-2H3. The molecule has 0 saturated carbocycles. The maximum Gasteiger partial charge on any atom is 0.189 e. The minimum absolute atomic E-state index is 0.890. The maximum absolute atomic E-state index is 4.86. The van der Waals surface area contributed by atoms with Gasteiger partial charge >= 0.3 is 0 Å². The summed E-state index contributed by atoms with van der Waals surface area (Å²) < 4.78 is 0. The van der Waals surface area contributed by atoms with Crippen molar-refractivity contribution in [3.8, 4) is 0 Å². The predicted octanol–water partition coefficient (Wildman–Crippen LogP) is 4.74. The van der Waals surface area contributed by atoms with E-state index in [1.807, 2.05) is 23.1 Å². The molecule has 0 aliphatic carbocycles. The lowest BCUT2D eigenvalue weighted by Gasteiger charge is -2.22. The van der Waals surface area contributed by atoms with Crippen LogP contribution in [0.25, 0.3) is 10.2 Å². The molecule has 130 valence electrons. The fraction of sp³-hybridized carbons (Fsp3) is 0.368. The molecule has 0 spiro atoms. The van der Waals surface area contributed by atoms with Gasteiger partial charge < -0.3 is 4.90 Å². The summed E-state index contributed by atoms with van der Waals surface area (Å²) >= 11 is 5.37. The number of hydrogen-bond acceptors (Lipinski definition) is 6. The number of hydrogen-bond donors (Lipinski definition) is 0. The average molecular weight is 388 g/mol. The van der Waals surface area contributed by atoms with Crippen molar-refractivity contribution in [2.45, 2.75) is 29.6 Å². The van der Waals surface area contributed by atoms with Gasteiger partial charge in [0.15, 0.2) is 5.16 Å². The van der Waals surface area contributed by atoms with Crippen molar-refractivity contribution in [2.75, 3.05) is 25.6 Å². The summed E-state index contributed by atoms with van der Waals surface area (Å²) in [5.41, 5.74) is 2.88. The highest BCUT2D eigenvalue weighted by Gasteiger charge is 2.23. The number of likely N-dealkylation sites (N-methyl/N-ethyl adjacent to an activating group) is 1. The average Bonchev–Trinajstić information content (AvgIpc) is 2.99. The molecule has 1 aromatic carbocycles. The molecular weight excluding hydrogens is 366 g/mol. The van der Waals surface area contributed by atoms with Crippen LogP contribution in [0.4, 0.5) is 0 Å². The SMILES string of the molecule is CSc1nc(SCCc2ccccc2)c2c3c(sc2n1)CN(C)CC3. The molecule has 0 bridgehead atoms. The molecule has 0 atom stereocenters. The second-order valence-corrected chi connectivity index (χ2v) is 9.21. The number of thiophene rings is 1. The van der Waals surface area contributed by atoms with Crippen molar-refractivity contribution in [3.05, 3.63) is 46.3 Å². The topological polar surface area (TPSA) is 29.0 Å². The Kier molecular flexibility index (Phi) is 5.31. The Bertz CT molecular complexity index is 877. The largest absolute Gasteiger partial charge is 0.301 e.